The number of benzene rings is 2. The van der Waals surface area contributed by atoms with Gasteiger partial charge < -0.3 is 20.4 Å². The van der Waals surface area contributed by atoms with E-state index in [1.54, 1.807) is 6.07 Å². The van der Waals surface area contributed by atoms with Crippen molar-refractivity contribution in [1.82, 2.24) is 15.6 Å². The molecule has 1 atom stereocenters. The summed E-state index contributed by atoms with van der Waals surface area (Å²) in [4.78, 5) is 3.23. The molecule has 2 aliphatic rings. The van der Waals surface area contributed by atoms with E-state index in [2.05, 4.69) is 27.8 Å². The van der Waals surface area contributed by atoms with Gasteiger partial charge in [-0.05, 0) is 73.2 Å². The standard InChI is InChI=1S/C23H26FN3O/c24-17-5-6-22-19(9-17)15(12-27-22)3-1-2-8-26-18-10-20-21-13-25-11-16(21)4-7-23(20)28-14-18/h4-7,9,12,18,25-27H,1-3,8,10-11,13-14H2. The van der Waals surface area contributed by atoms with Crippen LogP contribution in [0, 0.1) is 5.82 Å². The minimum atomic E-state index is -0.172. The summed E-state index contributed by atoms with van der Waals surface area (Å²) in [5.41, 5.74) is 6.45. The van der Waals surface area contributed by atoms with Gasteiger partial charge >= 0.3 is 0 Å². The predicted octanol–water partition coefficient (Wildman–Crippen LogP) is 3.83. The van der Waals surface area contributed by atoms with Crippen molar-refractivity contribution in [2.75, 3.05) is 13.2 Å². The quantitative estimate of drug-likeness (QED) is 0.571. The van der Waals surface area contributed by atoms with E-state index < -0.39 is 0 Å². The maximum atomic E-state index is 13.5. The maximum absolute atomic E-state index is 13.5. The second-order valence-electron chi connectivity index (χ2n) is 7.91. The van der Waals surface area contributed by atoms with Crippen LogP contribution in [0.5, 0.6) is 5.75 Å². The van der Waals surface area contributed by atoms with Crippen LogP contribution in [0.2, 0.25) is 0 Å². The van der Waals surface area contributed by atoms with Gasteiger partial charge in [0.05, 0.1) is 0 Å². The number of fused-ring (bicyclic) bond motifs is 4. The Bertz CT molecular complexity index is 997. The average molecular weight is 379 g/mol. The zero-order chi connectivity index (χ0) is 18.9. The third kappa shape index (κ3) is 3.40. The third-order valence-electron chi connectivity index (χ3n) is 6.03. The second-order valence-corrected chi connectivity index (χ2v) is 7.91. The summed E-state index contributed by atoms with van der Waals surface area (Å²) < 4.78 is 19.5. The van der Waals surface area contributed by atoms with Crippen LogP contribution >= 0.6 is 0 Å². The number of hydrogen-bond acceptors (Lipinski definition) is 3. The normalized spacial score (nSPS) is 18.1. The number of unbranched alkanes of at least 4 members (excludes halogenated alkanes) is 1. The van der Waals surface area contributed by atoms with Gasteiger partial charge in [-0.1, -0.05) is 6.07 Å². The summed E-state index contributed by atoms with van der Waals surface area (Å²) in [6.07, 6.45) is 6.20. The van der Waals surface area contributed by atoms with Gasteiger partial charge in [0.25, 0.3) is 0 Å². The second kappa shape index (κ2) is 7.57. The molecule has 0 bridgehead atoms. The molecular formula is C23H26FN3O. The molecule has 0 spiro atoms. The van der Waals surface area contributed by atoms with E-state index in [1.165, 1.54) is 28.3 Å². The van der Waals surface area contributed by atoms with Gasteiger partial charge in [0.15, 0.2) is 0 Å². The molecule has 28 heavy (non-hydrogen) atoms. The van der Waals surface area contributed by atoms with Gasteiger partial charge in [-0.15, -0.1) is 0 Å². The summed E-state index contributed by atoms with van der Waals surface area (Å²) in [5, 5.41) is 8.11. The Morgan fingerprint density at radius 1 is 1.11 bits per heavy atom. The van der Waals surface area contributed by atoms with Gasteiger partial charge in [-0.25, -0.2) is 4.39 Å². The van der Waals surface area contributed by atoms with Crippen molar-refractivity contribution in [3.8, 4) is 5.75 Å². The number of hydrogen-bond donors (Lipinski definition) is 3. The van der Waals surface area contributed by atoms with E-state index in [9.17, 15) is 4.39 Å². The Morgan fingerprint density at radius 3 is 3.04 bits per heavy atom. The molecule has 2 aromatic carbocycles. The number of aromatic nitrogens is 1. The Kier molecular flexibility index (Phi) is 4.79. The first-order valence-electron chi connectivity index (χ1n) is 10.2. The molecule has 3 aromatic rings. The van der Waals surface area contributed by atoms with Crippen LogP contribution in [-0.4, -0.2) is 24.2 Å². The van der Waals surface area contributed by atoms with Gasteiger partial charge in [0, 0.05) is 41.8 Å². The maximum Gasteiger partial charge on any atom is 0.123 e. The average Bonchev–Trinajstić information content (AvgIpc) is 3.34. The summed E-state index contributed by atoms with van der Waals surface area (Å²) in [6, 6.07) is 9.64. The van der Waals surface area contributed by atoms with Crippen LogP contribution in [0.4, 0.5) is 4.39 Å². The largest absolute Gasteiger partial charge is 0.492 e. The van der Waals surface area contributed by atoms with Crippen molar-refractivity contribution in [2.24, 2.45) is 0 Å². The van der Waals surface area contributed by atoms with Gasteiger partial charge in [-0.3, -0.25) is 0 Å². The fraction of sp³-hybridized carbons (Fsp3) is 0.391. The Balaban J connectivity index is 1.12. The number of aromatic amines is 1. The highest BCUT2D eigenvalue weighted by molar-refractivity contribution is 5.83. The number of H-pyrrole nitrogens is 1. The lowest BCUT2D eigenvalue weighted by Crippen LogP contribution is -2.40. The first-order valence-corrected chi connectivity index (χ1v) is 10.2. The monoisotopic (exact) mass is 379 g/mol. The van der Waals surface area contributed by atoms with Crippen LogP contribution in [0.25, 0.3) is 10.9 Å². The molecule has 3 heterocycles. The van der Waals surface area contributed by atoms with Gasteiger partial charge in [0.1, 0.15) is 18.2 Å². The third-order valence-corrected chi connectivity index (χ3v) is 6.03. The molecule has 146 valence electrons. The van der Waals surface area contributed by atoms with E-state index in [4.69, 9.17) is 4.74 Å². The number of halogens is 1. The molecule has 0 saturated heterocycles. The van der Waals surface area contributed by atoms with Crippen molar-refractivity contribution in [3.05, 3.63) is 64.6 Å². The van der Waals surface area contributed by atoms with E-state index in [0.717, 1.165) is 68.6 Å². The predicted molar refractivity (Wildman–Crippen MR) is 109 cm³/mol. The SMILES string of the molecule is Fc1ccc2[nH]cc(CCCCNC3COc4ccc5c(c4C3)CNC5)c2c1. The number of aryl methyl sites for hydroxylation is 1. The molecule has 0 aliphatic carbocycles. The van der Waals surface area contributed by atoms with E-state index in [0.29, 0.717) is 6.04 Å². The molecule has 0 amide bonds. The summed E-state index contributed by atoms with van der Waals surface area (Å²) in [6.45, 7) is 3.65. The molecule has 1 aromatic heterocycles. The minimum Gasteiger partial charge on any atom is -0.492 e. The lowest BCUT2D eigenvalue weighted by atomic mass is 9.95. The van der Waals surface area contributed by atoms with Crippen LogP contribution in [0.3, 0.4) is 0 Å². The molecule has 0 saturated carbocycles. The van der Waals surface area contributed by atoms with Crippen LogP contribution in [0.1, 0.15) is 35.1 Å². The number of nitrogens with one attached hydrogen (secondary N) is 3. The highest BCUT2D eigenvalue weighted by Gasteiger charge is 2.25. The van der Waals surface area contributed by atoms with Gasteiger partial charge in [0.2, 0.25) is 0 Å². The topological polar surface area (TPSA) is 49.1 Å². The zero-order valence-corrected chi connectivity index (χ0v) is 16.0. The molecular weight excluding hydrogens is 353 g/mol. The molecule has 0 fully saturated rings. The van der Waals surface area contributed by atoms with Crippen molar-refractivity contribution in [1.29, 1.82) is 0 Å². The van der Waals surface area contributed by atoms with Crippen LogP contribution < -0.4 is 15.4 Å². The number of rotatable bonds is 6. The van der Waals surface area contributed by atoms with Crippen molar-refractivity contribution < 1.29 is 9.13 Å². The molecule has 0 radical (unpaired) electrons. The Morgan fingerprint density at radius 2 is 2.07 bits per heavy atom. The smallest absolute Gasteiger partial charge is 0.123 e. The molecule has 1 unspecified atom stereocenters. The lowest BCUT2D eigenvalue weighted by Gasteiger charge is -2.28. The highest BCUT2D eigenvalue weighted by atomic mass is 19.1. The Hall–Kier alpha value is -2.37. The van der Waals surface area contributed by atoms with Crippen molar-refractivity contribution >= 4 is 10.9 Å². The van der Waals surface area contributed by atoms with Crippen LogP contribution in [-0.2, 0) is 25.9 Å². The first kappa shape index (κ1) is 17.7. The molecule has 5 rings (SSSR count). The van der Waals surface area contributed by atoms with Crippen LogP contribution in [0.15, 0.2) is 36.5 Å². The minimum absolute atomic E-state index is 0.172. The fourth-order valence-electron chi connectivity index (χ4n) is 4.52. The Labute approximate surface area is 164 Å². The molecule has 2 aliphatic heterocycles. The zero-order valence-electron chi connectivity index (χ0n) is 16.0. The van der Waals surface area contributed by atoms with E-state index >= 15 is 0 Å². The van der Waals surface area contributed by atoms with E-state index in [-0.39, 0.29) is 5.82 Å². The summed E-state index contributed by atoms with van der Waals surface area (Å²) in [7, 11) is 0. The summed E-state index contributed by atoms with van der Waals surface area (Å²) in [5.74, 6) is 0.890. The molecule has 3 N–H and O–H groups in total. The molecule has 5 heteroatoms. The first-order chi connectivity index (χ1) is 13.8. The molecule has 4 nitrogen and oxygen atoms in total. The van der Waals surface area contributed by atoms with E-state index in [1.807, 2.05) is 12.3 Å². The number of ether oxygens (including phenoxy) is 1. The fourth-order valence-corrected chi connectivity index (χ4v) is 4.52. The van der Waals surface area contributed by atoms with Crippen molar-refractivity contribution in [2.45, 2.75) is 44.8 Å². The van der Waals surface area contributed by atoms with Gasteiger partial charge in [-0.2, -0.15) is 0 Å². The lowest BCUT2D eigenvalue weighted by molar-refractivity contribution is 0.238. The highest BCUT2D eigenvalue weighted by Crippen LogP contribution is 2.32. The summed E-state index contributed by atoms with van der Waals surface area (Å²) >= 11 is 0. The van der Waals surface area contributed by atoms with Crippen molar-refractivity contribution in [3.63, 3.8) is 0 Å².